The van der Waals surface area contributed by atoms with E-state index in [2.05, 4.69) is 18.5 Å². The molecule has 0 aliphatic heterocycles. The smallest absolute Gasteiger partial charge is 0.263 e. The maximum atomic E-state index is 12.5. The third-order valence-corrected chi connectivity index (χ3v) is 3.38. The number of rotatable bonds is 7. The molecule has 0 fully saturated rings. The number of alkyl halides is 2. The van der Waals surface area contributed by atoms with Crippen LogP contribution in [0.25, 0.3) is 0 Å². The highest BCUT2D eigenvalue weighted by molar-refractivity contribution is 7.98. The van der Waals surface area contributed by atoms with E-state index in [1.807, 2.05) is 17.8 Å². The Morgan fingerprint density at radius 2 is 2.12 bits per heavy atom. The molecule has 1 aromatic rings. The van der Waals surface area contributed by atoms with Crippen molar-refractivity contribution in [2.24, 2.45) is 5.92 Å². The third kappa shape index (κ3) is 5.50. The molecule has 0 radical (unpaired) electrons. The minimum absolute atomic E-state index is 0.0986. The number of thioether (sulfide) groups is 1. The van der Waals surface area contributed by atoms with E-state index in [9.17, 15) is 8.78 Å². The van der Waals surface area contributed by atoms with Crippen LogP contribution in [0.4, 0.5) is 8.78 Å². The lowest BCUT2D eigenvalue weighted by Crippen LogP contribution is -2.22. The molecule has 0 heterocycles. The summed E-state index contributed by atoms with van der Waals surface area (Å²) in [5, 5.41) is 3.29. The zero-order valence-corrected chi connectivity index (χ0v) is 11.1. The first-order valence-electron chi connectivity index (χ1n) is 5.70. The van der Waals surface area contributed by atoms with Crippen LogP contribution in [0, 0.1) is 5.92 Å². The summed E-state index contributed by atoms with van der Waals surface area (Å²) in [6.07, 6.45) is -0.298. The maximum absolute atomic E-state index is 12.5. The van der Waals surface area contributed by atoms with E-state index in [0.29, 0.717) is 12.5 Å². The highest BCUT2D eigenvalue weighted by Gasteiger charge is 2.07. The lowest BCUT2D eigenvalue weighted by Gasteiger charge is -2.11. The Hall–Kier alpha value is -0.610. The molecule has 1 N–H and O–H groups in total. The Bertz CT molecular complexity index is 331. The van der Waals surface area contributed by atoms with Gasteiger partial charge in [0.05, 0.1) is 0 Å². The number of nitrogens with one attached hydrogen (secondary N) is 1. The zero-order valence-electron chi connectivity index (χ0n) is 10.2. The molecular weight excluding hydrogens is 240 g/mol. The number of hydrogen-bond acceptors (Lipinski definition) is 2. The molecule has 0 saturated carbocycles. The van der Waals surface area contributed by atoms with Gasteiger partial charge in [0.15, 0.2) is 0 Å². The summed E-state index contributed by atoms with van der Waals surface area (Å²) in [5.41, 5.74) is 1.01. The van der Waals surface area contributed by atoms with Crippen molar-refractivity contribution in [1.29, 1.82) is 0 Å². The van der Waals surface area contributed by atoms with E-state index >= 15 is 0 Å². The van der Waals surface area contributed by atoms with Gasteiger partial charge < -0.3 is 5.32 Å². The average molecular weight is 259 g/mol. The lowest BCUT2D eigenvalue weighted by atomic mass is 10.1. The number of benzene rings is 1. The van der Waals surface area contributed by atoms with E-state index in [1.54, 1.807) is 12.1 Å². The van der Waals surface area contributed by atoms with Gasteiger partial charge in [-0.3, -0.25) is 0 Å². The van der Waals surface area contributed by atoms with Gasteiger partial charge in [0.2, 0.25) is 0 Å². The van der Waals surface area contributed by atoms with Gasteiger partial charge in [0.25, 0.3) is 6.43 Å². The van der Waals surface area contributed by atoms with Crippen LogP contribution in [-0.2, 0) is 6.54 Å². The average Bonchev–Trinajstić information content (AvgIpc) is 2.30. The molecule has 0 aromatic heterocycles. The van der Waals surface area contributed by atoms with Crippen LogP contribution in [0.5, 0.6) is 0 Å². The van der Waals surface area contributed by atoms with Crippen LogP contribution in [-0.4, -0.2) is 18.6 Å². The molecule has 0 spiro atoms. The fourth-order valence-corrected chi connectivity index (χ4v) is 2.33. The maximum Gasteiger partial charge on any atom is 0.263 e. The van der Waals surface area contributed by atoms with Gasteiger partial charge in [-0.1, -0.05) is 25.1 Å². The molecular formula is C13H19F2NS. The number of hydrogen-bond donors (Lipinski definition) is 1. The number of halogens is 2. The lowest BCUT2D eigenvalue weighted by molar-refractivity contribution is 0.151. The van der Waals surface area contributed by atoms with Gasteiger partial charge >= 0.3 is 0 Å². The SMILES string of the molecule is CSCC(C)CNCc1cccc(C(F)F)c1. The second-order valence-electron chi connectivity index (χ2n) is 4.24. The minimum atomic E-state index is -2.38. The van der Waals surface area contributed by atoms with Crippen LogP contribution in [0.1, 0.15) is 24.5 Å². The molecule has 1 aromatic carbocycles. The Morgan fingerprint density at radius 3 is 2.76 bits per heavy atom. The van der Waals surface area contributed by atoms with Gasteiger partial charge in [0, 0.05) is 12.1 Å². The molecule has 1 nitrogen and oxygen atoms in total. The summed E-state index contributed by atoms with van der Waals surface area (Å²) in [4.78, 5) is 0. The normalized spacial score (nSPS) is 13.0. The fraction of sp³-hybridized carbons (Fsp3) is 0.538. The van der Waals surface area contributed by atoms with Crippen LogP contribution in [0.15, 0.2) is 24.3 Å². The summed E-state index contributed by atoms with van der Waals surface area (Å²) >= 11 is 1.82. The van der Waals surface area contributed by atoms with Gasteiger partial charge in [-0.15, -0.1) is 0 Å². The summed E-state index contributed by atoms with van der Waals surface area (Å²) < 4.78 is 24.9. The first kappa shape index (κ1) is 14.5. The Labute approximate surface area is 106 Å². The molecule has 96 valence electrons. The standard InChI is InChI=1S/C13H19F2NS/c1-10(9-17-2)7-16-8-11-4-3-5-12(6-11)13(14)15/h3-6,10,13,16H,7-9H2,1-2H3. The molecule has 1 atom stereocenters. The predicted octanol–water partition coefficient (Wildman–Crippen LogP) is 3.71. The Morgan fingerprint density at radius 1 is 1.35 bits per heavy atom. The quantitative estimate of drug-likeness (QED) is 0.801. The van der Waals surface area contributed by atoms with Crippen molar-refractivity contribution >= 4 is 11.8 Å². The van der Waals surface area contributed by atoms with Gasteiger partial charge in [0.1, 0.15) is 0 Å². The first-order valence-corrected chi connectivity index (χ1v) is 7.09. The summed E-state index contributed by atoms with van der Waals surface area (Å²) in [6.45, 7) is 3.75. The molecule has 1 rings (SSSR count). The molecule has 0 aliphatic carbocycles. The second kappa shape index (κ2) is 7.67. The molecule has 1 unspecified atom stereocenters. The topological polar surface area (TPSA) is 12.0 Å². The van der Waals surface area contributed by atoms with Gasteiger partial charge in [-0.2, -0.15) is 11.8 Å². The van der Waals surface area contributed by atoms with Gasteiger partial charge in [-0.05, 0) is 36.1 Å². The summed E-state index contributed by atoms with van der Waals surface area (Å²) in [7, 11) is 0. The Balaban J connectivity index is 2.38. The molecule has 0 aliphatic rings. The van der Waals surface area contributed by atoms with Crippen LogP contribution >= 0.6 is 11.8 Å². The van der Waals surface area contributed by atoms with Crippen molar-refractivity contribution in [1.82, 2.24) is 5.32 Å². The summed E-state index contributed by atoms with van der Waals surface area (Å²) in [6, 6.07) is 6.59. The molecule has 0 amide bonds. The van der Waals surface area contributed by atoms with E-state index in [1.165, 1.54) is 6.07 Å². The van der Waals surface area contributed by atoms with Crippen molar-refractivity contribution in [3.8, 4) is 0 Å². The van der Waals surface area contributed by atoms with E-state index < -0.39 is 6.43 Å². The monoisotopic (exact) mass is 259 g/mol. The minimum Gasteiger partial charge on any atom is -0.312 e. The van der Waals surface area contributed by atoms with Crippen molar-refractivity contribution in [2.75, 3.05) is 18.6 Å². The van der Waals surface area contributed by atoms with Crippen molar-refractivity contribution in [2.45, 2.75) is 19.9 Å². The van der Waals surface area contributed by atoms with E-state index in [-0.39, 0.29) is 5.56 Å². The highest BCUT2D eigenvalue weighted by atomic mass is 32.2. The van der Waals surface area contributed by atoms with Crippen LogP contribution in [0.2, 0.25) is 0 Å². The van der Waals surface area contributed by atoms with Crippen molar-refractivity contribution in [3.63, 3.8) is 0 Å². The molecule has 0 bridgehead atoms. The first-order chi connectivity index (χ1) is 8.13. The third-order valence-electron chi connectivity index (χ3n) is 2.48. The molecule has 17 heavy (non-hydrogen) atoms. The van der Waals surface area contributed by atoms with E-state index in [0.717, 1.165) is 17.9 Å². The van der Waals surface area contributed by atoms with Crippen molar-refractivity contribution < 1.29 is 8.78 Å². The van der Waals surface area contributed by atoms with Gasteiger partial charge in [-0.25, -0.2) is 8.78 Å². The van der Waals surface area contributed by atoms with Crippen LogP contribution in [0.3, 0.4) is 0 Å². The zero-order chi connectivity index (χ0) is 12.7. The highest BCUT2D eigenvalue weighted by Crippen LogP contribution is 2.19. The molecule has 4 heteroatoms. The second-order valence-corrected chi connectivity index (χ2v) is 5.15. The largest absolute Gasteiger partial charge is 0.312 e. The van der Waals surface area contributed by atoms with Crippen LogP contribution < -0.4 is 5.32 Å². The fourth-order valence-electron chi connectivity index (χ4n) is 1.65. The van der Waals surface area contributed by atoms with Crippen molar-refractivity contribution in [3.05, 3.63) is 35.4 Å². The predicted molar refractivity (Wildman–Crippen MR) is 70.7 cm³/mol. The summed E-state index contributed by atoms with van der Waals surface area (Å²) in [5.74, 6) is 1.72. The van der Waals surface area contributed by atoms with E-state index in [4.69, 9.17) is 0 Å². The Kier molecular flexibility index (Phi) is 6.52. The molecule has 0 saturated heterocycles.